The summed E-state index contributed by atoms with van der Waals surface area (Å²) in [5, 5.41) is 9.43. The van der Waals surface area contributed by atoms with Gasteiger partial charge in [-0.25, -0.2) is 0 Å². The molecule has 0 aliphatic heterocycles. The molecule has 0 bridgehead atoms. The average Bonchev–Trinajstić information content (AvgIpc) is 2.26. The summed E-state index contributed by atoms with van der Waals surface area (Å²) < 4.78 is 0. The minimum Gasteiger partial charge on any atom is -0.389 e. The third-order valence-corrected chi connectivity index (χ3v) is 3.55. The second-order valence-electron chi connectivity index (χ2n) is 3.49. The Labute approximate surface area is 100 Å². The minimum atomic E-state index is -0.407. The summed E-state index contributed by atoms with van der Waals surface area (Å²) in [6.07, 6.45) is -0.407. The first kappa shape index (κ1) is 12.6. The lowest BCUT2D eigenvalue weighted by atomic mass is 10.1. The average molecular weight is 243 g/mol. The van der Waals surface area contributed by atoms with Crippen molar-refractivity contribution < 1.29 is 5.11 Å². The SMILES string of the molecule is C/C(=C\Cl)CSc1cccc(C(C)O)c1. The molecule has 1 rings (SSSR count). The molecule has 1 aromatic rings. The van der Waals surface area contributed by atoms with Crippen molar-refractivity contribution in [3.8, 4) is 0 Å². The Morgan fingerprint density at radius 2 is 2.33 bits per heavy atom. The third-order valence-electron chi connectivity index (χ3n) is 1.99. The van der Waals surface area contributed by atoms with Crippen molar-refractivity contribution in [1.29, 1.82) is 0 Å². The molecule has 1 atom stereocenters. The van der Waals surface area contributed by atoms with Gasteiger partial charge < -0.3 is 5.11 Å². The molecule has 0 heterocycles. The van der Waals surface area contributed by atoms with Gasteiger partial charge in [0.2, 0.25) is 0 Å². The Morgan fingerprint density at radius 3 is 2.93 bits per heavy atom. The molecular formula is C12H15ClOS. The van der Waals surface area contributed by atoms with Gasteiger partial charge in [-0.3, -0.25) is 0 Å². The van der Waals surface area contributed by atoms with Crippen molar-refractivity contribution in [1.82, 2.24) is 0 Å². The van der Waals surface area contributed by atoms with Crippen LogP contribution in [0.2, 0.25) is 0 Å². The molecule has 0 spiro atoms. The Hall–Kier alpha value is -0.440. The molecule has 1 unspecified atom stereocenters. The van der Waals surface area contributed by atoms with Crippen molar-refractivity contribution in [2.45, 2.75) is 24.8 Å². The number of rotatable bonds is 4. The van der Waals surface area contributed by atoms with Crippen molar-refractivity contribution >= 4 is 23.4 Å². The maximum atomic E-state index is 9.43. The van der Waals surface area contributed by atoms with E-state index in [2.05, 4.69) is 0 Å². The number of aliphatic hydroxyl groups is 1. The van der Waals surface area contributed by atoms with E-state index in [0.717, 1.165) is 21.8 Å². The lowest BCUT2D eigenvalue weighted by Crippen LogP contribution is -1.90. The summed E-state index contributed by atoms with van der Waals surface area (Å²) in [6, 6.07) is 7.94. The van der Waals surface area contributed by atoms with Crippen LogP contribution in [0.1, 0.15) is 25.5 Å². The quantitative estimate of drug-likeness (QED) is 0.807. The second kappa shape index (κ2) is 6.21. The van der Waals surface area contributed by atoms with Crippen molar-refractivity contribution in [2.75, 3.05) is 5.75 Å². The van der Waals surface area contributed by atoms with Gasteiger partial charge >= 0.3 is 0 Å². The highest BCUT2D eigenvalue weighted by Gasteiger charge is 2.01. The number of hydrogen-bond donors (Lipinski definition) is 1. The van der Waals surface area contributed by atoms with Gasteiger partial charge in [0.15, 0.2) is 0 Å². The highest BCUT2D eigenvalue weighted by atomic mass is 35.5. The second-order valence-corrected chi connectivity index (χ2v) is 4.76. The van der Waals surface area contributed by atoms with Crippen molar-refractivity contribution in [2.24, 2.45) is 0 Å². The first-order valence-corrected chi connectivity index (χ1v) is 6.22. The van der Waals surface area contributed by atoms with Crippen LogP contribution in [0.5, 0.6) is 0 Å². The van der Waals surface area contributed by atoms with Crippen molar-refractivity contribution in [3.63, 3.8) is 0 Å². The molecule has 1 aromatic carbocycles. The number of thioether (sulfide) groups is 1. The maximum absolute atomic E-state index is 9.43. The van der Waals surface area contributed by atoms with Gasteiger partial charge in [-0.15, -0.1) is 11.8 Å². The minimum absolute atomic E-state index is 0.407. The van der Waals surface area contributed by atoms with E-state index < -0.39 is 6.10 Å². The van der Waals surface area contributed by atoms with Crippen LogP contribution in [0, 0.1) is 0 Å². The van der Waals surface area contributed by atoms with Crippen LogP contribution in [-0.2, 0) is 0 Å². The van der Waals surface area contributed by atoms with Gasteiger partial charge in [-0.05, 0) is 31.5 Å². The van der Waals surface area contributed by atoms with Gasteiger partial charge in [-0.1, -0.05) is 29.3 Å². The standard InChI is InChI=1S/C12H15ClOS/c1-9(7-13)8-15-12-5-3-4-11(6-12)10(2)14/h3-7,10,14H,8H2,1-2H3/b9-7+. The molecule has 0 amide bonds. The fraction of sp³-hybridized carbons (Fsp3) is 0.333. The van der Waals surface area contributed by atoms with Gasteiger partial charge in [0, 0.05) is 16.2 Å². The molecule has 3 heteroatoms. The van der Waals surface area contributed by atoms with E-state index >= 15 is 0 Å². The Morgan fingerprint density at radius 1 is 1.60 bits per heavy atom. The van der Waals surface area contributed by atoms with Crippen LogP contribution in [0.3, 0.4) is 0 Å². The fourth-order valence-electron chi connectivity index (χ4n) is 1.09. The highest BCUT2D eigenvalue weighted by Crippen LogP contribution is 2.24. The highest BCUT2D eigenvalue weighted by molar-refractivity contribution is 7.99. The van der Waals surface area contributed by atoms with E-state index in [1.165, 1.54) is 0 Å². The monoisotopic (exact) mass is 242 g/mol. The summed E-state index contributed by atoms with van der Waals surface area (Å²) in [5.74, 6) is 0.882. The Bertz CT molecular complexity index is 347. The summed E-state index contributed by atoms with van der Waals surface area (Å²) in [7, 11) is 0. The molecular weight excluding hydrogens is 228 g/mol. The summed E-state index contributed by atoms with van der Waals surface area (Å²) in [4.78, 5) is 1.16. The van der Waals surface area contributed by atoms with E-state index in [9.17, 15) is 5.11 Å². The van der Waals surface area contributed by atoms with Gasteiger partial charge in [0.05, 0.1) is 6.10 Å². The van der Waals surface area contributed by atoms with Crippen LogP contribution in [0.25, 0.3) is 0 Å². The number of benzene rings is 1. The van der Waals surface area contributed by atoms with E-state index in [0.29, 0.717) is 0 Å². The van der Waals surface area contributed by atoms with Crippen molar-refractivity contribution in [3.05, 3.63) is 40.9 Å². The van der Waals surface area contributed by atoms with Crippen LogP contribution in [0.4, 0.5) is 0 Å². The molecule has 0 fully saturated rings. The van der Waals surface area contributed by atoms with Gasteiger partial charge in [0.25, 0.3) is 0 Å². The molecule has 0 radical (unpaired) electrons. The fourth-order valence-corrected chi connectivity index (χ4v) is 2.13. The first-order valence-electron chi connectivity index (χ1n) is 4.80. The smallest absolute Gasteiger partial charge is 0.0762 e. The third kappa shape index (κ3) is 4.29. The molecule has 15 heavy (non-hydrogen) atoms. The number of aliphatic hydroxyl groups excluding tert-OH is 1. The molecule has 0 saturated carbocycles. The molecule has 0 aliphatic rings. The lowest BCUT2D eigenvalue weighted by molar-refractivity contribution is 0.199. The Balaban J connectivity index is 2.66. The molecule has 82 valence electrons. The summed E-state index contributed by atoms with van der Waals surface area (Å²) in [6.45, 7) is 3.77. The van der Waals surface area contributed by atoms with Gasteiger partial charge in [0.1, 0.15) is 0 Å². The van der Waals surface area contributed by atoms with Crippen LogP contribution in [0.15, 0.2) is 40.3 Å². The van der Waals surface area contributed by atoms with Crippen LogP contribution < -0.4 is 0 Å². The Kier molecular flexibility index (Phi) is 5.23. The normalized spacial score (nSPS) is 14.0. The topological polar surface area (TPSA) is 20.2 Å². The van der Waals surface area contributed by atoms with E-state index in [-0.39, 0.29) is 0 Å². The largest absolute Gasteiger partial charge is 0.389 e. The molecule has 0 aromatic heterocycles. The number of hydrogen-bond acceptors (Lipinski definition) is 2. The lowest BCUT2D eigenvalue weighted by Gasteiger charge is -2.07. The first-order chi connectivity index (χ1) is 7.13. The van der Waals surface area contributed by atoms with E-state index in [4.69, 9.17) is 11.6 Å². The van der Waals surface area contributed by atoms with Crippen LogP contribution in [-0.4, -0.2) is 10.9 Å². The molecule has 1 nitrogen and oxygen atoms in total. The summed E-state index contributed by atoms with van der Waals surface area (Å²) >= 11 is 7.31. The van der Waals surface area contributed by atoms with E-state index in [1.807, 2.05) is 31.2 Å². The number of halogens is 1. The zero-order valence-electron chi connectivity index (χ0n) is 8.90. The van der Waals surface area contributed by atoms with Gasteiger partial charge in [-0.2, -0.15) is 0 Å². The zero-order valence-corrected chi connectivity index (χ0v) is 10.5. The zero-order chi connectivity index (χ0) is 11.3. The molecule has 1 N–H and O–H groups in total. The predicted octanol–water partition coefficient (Wildman–Crippen LogP) is 3.97. The van der Waals surface area contributed by atoms with E-state index in [1.54, 1.807) is 24.2 Å². The summed E-state index contributed by atoms with van der Waals surface area (Å²) in [5.41, 5.74) is 3.70. The van der Waals surface area contributed by atoms with Crippen LogP contribution >= 0.6 is 23.4 Å². The molecule has 0 aliphatic carbocycles. The predicted molar refractivity (Wildman–Crippen MR) is 67.4 cm³/mol. The maximum Gasteiger partial charge on any atom is 0.0762 e. The molecule has 0 saturated heterocycles.